The van der Waals surface area contributed by atoms with Gasteiger partial charge in [-0.1, -0.05) is 13.0 Å². The molecule has 5 nitrogen and oxygen atoms in total. The highest BCUT2D eigenvalue weighted by molar-refractivity contribution is 5.75. The van der Waals surface area contributed by atoms with E-state index in [2.05, 4.69) is 12.2 Å². The van der Waals surface area contributed by atoms with Crippen LogP contribution in [0.25, 0.3) is 0 Å². The number of hydrogen-bond donors (Lipinski definition) is 1. The molecule has 0 unspecified atom stereocenters. The van der Waals surface area contributed by atoms with Gasteiger partial charge < -0.3 is 19.7 Å². The molecule has 0 radical (unpaired) electrons. The molecular formula is C16H26N2O3. The first kappa shape index (κ1) is 17.3. The summed E-state index contributed by atoms with van der Waals surface area (Å²) in [5.74, 6) is 1.58. The Morgan fingerprint density at radius 3 is 2.71 bits per heavy atom. The van der Waals surface area contributed by atoms with Crippen LogP contribution in [-0.4, -0.2) is 45.2 Å². The molecule has 0 aliphatic rings. The van der Waals surface area contributed by atoms with E-state index in [1.54, 1.807) is 26.1 Å². The van der Waals surface area contributed by atoms with Gasteiger partial charge in [0.05, 0.1) is 20.1 Å². The van der Waals surface area contributed by atoms with Crippen molar-refractivity contribution in [1.82, 2.24) is 10.2 Å². The smallest absolute Gasteiger partial charge is 0.225 e. The molecule has 0 atom stereocenters. The molecule has 0 aromatic heterocycles. The number of carbonyl (C=O) groups is 1. The maximum absolute atomic E-state index is 11.6. The molecule has 0 aliphatic heterocycles. The average Bonchev–Trinajstić information content (AvgIpc) is 2.48. The Hall–Kier alpha value is -1.75. The van der Waals surface area contributed by atoms with Crippen LogP contribution in [0.5, 0.6) is 11.5 Å². The van der Waals surface area contributed by atoms with Gasteiger partial charge >= 0.3 is 0 Å². The van der Waals surface area contributed by atoms with Crippen LogP contribution in [0.3, 0.4) is 0 Å². The first-order chi connectivity index (χ1) is 10.1. The zero-order valence-corrected chi connectivity index (χ0v) is 13.4. The molecule has 118 valence electrons. The summed E-state index contributed by atoms with van der Waals surface area (Å²) in [7, 11) is 5.12. The number of hydrogen-bond acceptors (Lipinski definition) is 4. The Morgan fingerprint density at radius 2 is 2.10 bits per heavy atom. The number of amides is 1. The molecule has 1 aromatic rings. The summed E-state index contributed by atoms with van der Waals surface area (Å²) in [6, 6.07) is 5.77. The molecule has 0 heterocycles. The highest BCUT2D eigenvalue weighted by atomic mass is 16.5. The Kier molecular flexibility index (Phi) is 7.61. The molecule has 0 fully saturated rings. The molecule has 1 amide bonds. The van der Waals surface area contributed by atoms with Crippen molar-refractivity contribution in [3.05, 3.63) is 23.8 Å². The van der Waals surface area contributed by atoms with Crippen LogP contribution in [-0.2, 0) is 11.3 Å². The van der Waals surface area contributed by atoms with Crippen molar-refractivity contribution in [2.75, 3.05) is 34.4 Å². The lowest BCUT2D eigenvalue weighted by molar-refractivity contribution is -0.129. The van der Waals surface area contributed by atoms with Crippen LogP contribution in [0.2, 0.25) is 0 Å². The Morgan fingerprint density at radius 1 is 1.33 bits per heavy atom. The summed E-state index contributed by atoms with van der Waals surface area (Å²) in [5, 5.41) is 3.35. The van der Waals surface area contributed by atoms with Crippen molar-refractivity contribution in [1.29, 1.82) is 0 Å². The fourth-order valence-electron chi connectivity index (χ4n) is 1.81. The molecule has 0 spiro atoms. The minimum Gasteiger partial charge on any atom is -0.497 e. The van der Waals surface area contributed by atoms with Crippen LogP contribution < -0.4 is 14.8 Å². The van der Waals surface area contributed by atoms with E-state index in [0.717, 1.165) is 36.6 Å². The van der Waals surface area contributed by atoms with Crippen molar-refractivity contribution in [2.24, 2.45) is 0 Å². The van der Waals surface area contributed by atoms with Crippen LogP contribution in [0, 0.1) is 0 Å². The number of carbonyl (C=O) groups excluding carboxylic acids is 1. The quantitative estimate of drug-likeness (QED) is 0.708. The second kappa shape index (κ2) is 9.23. The predicted molar refractivity (Wildman–Crippen MR) is 83.8 cm³/mol. The second-order valence-electron chi connectivity index (χ2n) is 5.04. The van der Waals surface area contributed by atoms with Gasteiger partial charge in [0.15, 0.2) is 0 Å². The van der Waals surface area contributed by atoms with Crippen LogP contribution >= 0.6 is 0 Å². The zero-order valence-electron chi connectivity index (χ0n) is 13.4. The molecule has 1 aromatic carbocycles. The molecule has 21 heavy (non-hydrogen) atoms. The van der Waals surface area contributed by atoms with E-state index in [1.165, 1.54) is 0 Å². The predicted octanol–water partition coefficient (Wildman–Crippen LogP) is 2.05. The number of rotatable bonds is 9. The van der Waals surface area contributed by atoms with Crippen molar-refractivity contribution in [2.45, 2.75) is 26.3 Å². The highest BCUT2D eigenvalue weighted by Gasteiger charge is 2.08. The standard InChI is InChI=1S/C16H26N2O3/c1-5-9-17-12-13-6-7-14(20-4)11-15(13)21-10-8-16(19)18(2)3/h6-7,11,17H,5,8-10,12H2,1-4H3. The lowest BCUT2D eigenvalue weighted by Gasteiger charge is -2.15. The molecular weight excluding hydrogens is 268 g/mol. The molecule has 0 saturated heterocycles. The lowest BCUT2D eigenvalue weighted by atomic mass is 10.2. The minimum atomic E-state index is 0.0588. The van der Waals surface area contributed by atoms with Gasteiger partial charge in [-0.05, 0) is 19.0 Å². The summed E-state index contributed by atoms with van der Waals surface area (Å²) in [4.78, 5) is 13.1. The van der Waals surface area contributed by atoms with E-state index in [-0.39, 0.29) is 5.91 Å². The van der Waals surface area contributed by atoms with E-state index in [9.17, 15) is 4.79 Å². The summed E-state index contributed by atoms with van der Waals surface area (Å²) in [6.45, 7) is 4.20. The van der Waals surface area contributed by atoms with Crippen LogP contribution in [0.1, 0.15) is 25.3 Å². The second-order valence-corrected chi connectivity index (χ2v) is 5.04. The first-order valence-corrected chi connectivity index (χ1v) is 7.29. The maximum Gasteiger partial charge on any atom is 0.225 e. The minimum absolute atomic E-state index is 0.0588. The topological polar surface area (TPSA) is 50.8 Å². The third-order valence-corrected chi connectivity index (χ3v) is 3.09. The largest absolute Gasteiger partial charge is 0.497 e. The van der Waals surface area contributed by atoms with Crippen molar-refractivity contribution in [3.63, 3.8) is 0 Å². The molecule has 1 N–H and O–H groups in total. The number of nitrogens with zero attached hydrogens (tertiary/aromatic N) is 1. The Bertz CT molecular complexity index is 447. The summed E-state index contributed by atoms with van der Waals surface area (Å²) >= 11 is 0. The van der Waals surface area contributed by atoms with E-state index < -0.39 is 0 Å². The van der Waals surface area contributed by atoms with Crippen molar-refractivity contribution < 1.29 is 14.3 Å². The van der Waals surface area contributed by atoms with Gasteiger partial charge in [-0.3, -0.25) is 4.79 Å². The summed E-state index contributed by atoms with van der Waals surface area (Å²) in [5.41, 5.74) is 1.07. The number of benzene rings is 1. The monoisotopic (exact) mass is 294 g/mol. The fraction of sp³-hybridized carbons (Fsp3) is 0.562. The molecule has 5 heteroatoms. The summed E-state index contributed by atoms with van der Waals surface area (Å²) in [6.07, 6.45) is 1.45. The van der Waals surface area contributed by atoms with Gasteiger partial charge in [-0.2, -0.15) is 0 Å². The molecule has 1 rings (SSSR count). The Labute approximate surface area is 127 Å². The fourth-order valence-corrected chi connectivity index (χ4v) is 1.81. The SMILES string of the molecule is CCCNCc1ccc(OC)cc1OCCC(=O)N(C)C. The summed E-state index contributed by atoms with van der Waals surface area (Å²) < 4.78 is 11.0. The van der Waals surface area contributed by atoms with Gasteiger partial charge in [-0.15, -0.1) is 0 Å². The zero-order chi connectivity index (χ0) is 15.7. The molecule has 0 bridgehead atoms. The number of nitrogens with one attached hydrogen (secondary N) is 1. The third kappa shape index (κ3) is 6.04. The van der Waals surface area contributed by atoms with E-state index in [4.69, 9.17) is 9.47 Å². The average molecular weight is 294 g/mol. The number of methoxy groups -OCH3 is 1. The highest BCUT2D eigenvalue weighted by Crippen LogP contribution is 2.25. The van der Waals surface area contributed by atoms with Gasteiger partial charge in [0.25, 0.3) is 0 Å². The normalized spacial score (nSPS) is 10.3. The first-order valence-electron chi connectivity index (χ1n) is 7.29. The van der Waals surface area contributed by atoms with Crippen molar-refractivity contribution in [3.8, 4) is 11.5 Å². The van der Waals surface area contributed by atoms with Gasteiger partial charge in [-0.25, -0.2) is 0 Å². The third-order valence-electron chi connectivity index (χ3n) is 3.09. The van der Waals surface area contributed by atoms with E-state index >= 15 is 0 Å². The Balaban J connectivity index is 2.65. The van der Waals surface area contributed by atoms with E-state index in [1.807, 2.05) is 18.2 Å². The maximum atomic E-state index is 11.6. The van der Waals surface area contributed by atoms with Crippen LogP contribution in [0.15, 0.2) is 18.2 Å². The van der Waals surface area contributed by atoms with Gasteiger partial charge in [0.2, 0.25) is 5.91 Å². The lowest BCUT2D eigenvalue weighted by Crippen LogP contribution is -2.23. The molecule has 0 aliphatic carbocycles. The number of ether oxygens (including phenoxy) is 2. The van der Waals surface area contributed by atoms with Crippen molar-refractivity contribution >= 4 is 5.91 Å². The molecule has 0 saturated carbocycles. The van der Waals surface area contributed by atoms with Gasteiger partial charge in [0, 0.05) is 32.3 Å². The van der Waals surface area contributed by atoms with Crippen LogP contribution in [0.4, 0.5) is 0 Å². The van der Waals surface area contributed by atoms with E-state index in [0.29, 0.717) is 13.0 Å². The van der Waals surface area contributed by atoms with Gasteiger partial charge in [0.1, 0.15) is 11.5 Å².